The Bertz CT molecular complexity index is 799. The van der Waals surface area contributed by atoms with Gasteiger partial charge in [-0.15, -0.1) is 0 Å². The Morgan fingerprint density at radius 2 is 1.89 bits per heavy atom. The number of nitrogens with zero attached hydrogens (tertiary/aromatic N) is 2. The van der Waals surface area contributed by atoms with Crippen LogP contribution in [-0.2, 0) is 22.9 Å². The van der Waals surface area contributed by atoms with Gasteiger partial charge in [0.1, 0.15) is 0 Å². The Labute approximate surface area is 169 Å². The van der Waals surface area contributed by atoms with Crippen LogP contribution in [0.3, 0.4) is 0 Å². The minimum absolute atomic E-state index is 0.186. The van der Waals surface area contributed by atoms with Gasteiger partial charge in [-0.2, -0.15) is 0 Å². The van der Waals surface area contributed by atoms with Gasteiger partial charge in [0, 0.05) is 26.7 Å². The summed E-state index contributed by atoms with van der Waals surface area (Å²) in [6, 6.07) is 7.05. The molecular weight excluding hydrogens is 372 g/mol. The molecule has 1 heterocycles. The number of nitrogens with one attached hydrogen (secondary N) is 2. The van der Waals surface area contributed by atoms with E-state index in [4.69, 9.17) is 0 Å². The summed E-state index contributed by atoms with van der Waals surface area (Å²) in [5, 5.41) is 6.92. The minimum Gasteiger partial charge on any atom is -0.356 e. The second kappa shape index (κ2) is 9.27. The van der Waals surface area contributed by atoms with Gasteiger partial charge in [-0.05, 0) is 68.1 Å². The summed E-state index contributed by atoms with van der Waals surface area (Å²) < 4.78 is 24.8. The van der Waals surface area contributed by atoms with Gasteiger partial charge in [-0.3, -0.25) is 4.99 Å². The van der Waals surface area contributed by atoms with Crippen LogP contribution in [0.4, 0.5) is 0 Å². The molecule has 2 N–H and O–H groups in total. The fraction of sp³-hybridized carbons (Fsp3) is 0.667. The summed E-state index contributed by atoms with van der Waals surface area (Å²) in [4.78, 5) is 4.37. The van der Waals surface area contributed by atoms with Gasteiger partial charge in [-0.25, -0.2) is 12.7 Å². The quantitative estimate of drug-likeness (QED) is 0.582. The van der Waals surface area contributed by atoms with Crippen LogP contribution in [0.2, 0.25) is 0 Å². The standard InChI is InChI=1S/C21H34N4O2S/c1-16(19-9-8-18-6-4-5-7-20(18)14-19)24-21(22-2)23-15-17-10-12-25(13-11-17)28(3,26)27/h8-9,14,16-17H,4-7,10-13,15H2,1-3H3,(H2,22,23,24). The van der Waals surface area contributed by atoms with E-state index in [9.17, 15) is 8.42 Å². The van der Waals surface area contributed by atoms with Crippen molar-refractivity contribution >= 4 is 16.0 Å². The first-order valence-electron chi connectivity index (χ1n) is 10.4. The van der Waals surface area contributed by atoms with E-state index in [0.717, 1.165) is 25.3 Å². The lowest BCUT2D eigenvalue weighted by atomic mass is 9.89. The summed E-state index contributed by atoms with van der Waals surface area (Å²) in [5.41, 5.74) is 4.30. The van der Waals surface area contributed by atoms with Gasteiger partial charge in [0.2, 0.25) is 10.0 Å². The van der Waals surface area contributed by atoms with Crippen LogP contribution in [0.5, 0.6) is 0 Å². The highest BCUT2D eigenvalue weighted by Crippen LogP contribution is 2.25. The van der Waals surface area contributed by atoms with Gasteiger partial charge in [-0.1, -0.05) is 18.2 Å². The minimum atomic E-state index is -3.06. The summed E-state index contributed by atoms with van der Waals surface area (Å²) >= 11 is 0. The summed E-state index contributed by atoms with van der Waals surface area (Å²) in [6.07, 6.45) is 8.06. The molecule has 0 spiro atoms. The molecule has 1 aliphatic heterocycles. The summed E-state index contributed by atoms with van der Waals surface area (Å²) in [7, 11) is -1.27. The van der Waals surface area contributed by atoms with Crippen molar-refractivity contribution in [2.45, 2.75) is 51.5 Å². The van der Waals surface area contributed by atoms with Crippen LogP contribution < -0.4 is 10.6 Å². The zero-order chi connectivity index (χ0) is 20.1. The van der Waals surface area contributed by atoms with Crippen molar-refractivity contribution in [2.24, 2.45) is 10.9 Å². The molecule has 1 aliphatic carbocycles. The summed E-state index contributed by atoms with van der Waals surface area (Å²) in [6.45, 7) is 4.21. The Morgan fingerprint density at radius 1 is 1.21 bits per heavy atom. The van der Waals surface area contributed by atoms with E-state index in [0.29, 0.717) is 19.0 Å². The van der Waals surface area contributed by atoms with Crippen molar-refractivity contribution in [3.8, 4) is 0 Å². The van der Waals surface area contributed by atoms with E-state index in [1.807, 2.05) is 0 Å². The normalized spacial score (nSPS) is 20.5. The highest BCUT2D eigenvalue weighted by atomic mass is 32.2. The van der Waals surface area contributed by atoms with E-state index >= 15 is 0 Å². The zero-order valence-electron chi connectivity index (χ0n) is 17.4. The maximum atomic E-state index is 11.6. The van der Waals surface area contributed by atoms with Crippen LogP contribution in [0.15, 0.2) is 23.2 Å². The number of sulfonamides is 1. The predicted molar refractivity (Wildman–Crippen MR) is 115 cm³/mol. The first-order chi connectivity index (χ1) is 13.4. The molecule has 1 aromatic carbocycles. The molecule has 1 unspecified atom stereocenters. The molecule has 2 aliphatic rings. The molecule has 7 heteroatoms. The molecule has 3 rings (SSSR count). The molecular formula is C21H34N4O2S. The Kier molecular flexibility index (Phi) is 6.99. The first-order valence-corrected chi connectivity index (χ1v) is 12.3. The second-order valence-corrected chi connectivity index (χ2v) is 10.1. The lowest BCUT2D eigenvalue weighted by Crippen LogP contribution is -2.44. The maximum Gasteiger partial charge on any atom is 0.211 e. The molecule has 0 bridgehead atoms. The topological polar surface area (TPSA) is 73.8 Å². The maximum absolute atomic E-state index is 11.6. The van der Waals surface area contributed by atoms with E-state index < -0.39 is 10.0 Å². The molecule has 0 aromatic heterocycles. The number of benzene rings is 1. The molecule has 1 fully saturated rings. The molecule has 1 atom stereocenters. The molecule has 28 heavy (non-hydrogen) atoms. The smallest absolute Gasteiger partial charge is 0.211 e. The van der Waals surface area contributed by atoms with E-state index in [1.165, 1.54) is 48.6 Å². The monoisotopic (exact) mass is 406 g/mol. The van der Waals surface area contributed by atoms with Crippen molar-refractivity contribution in [3.63, 3.8) is 0 Å². The van der Waals surface area contributed by atoms with Gasteiger partial charge >= 0.3 is 0 Å². The number of piperidine rings is 1. The van der Waals surface area contributed by atoms with Crippen molar-refractivity contribution in [3.05, 3.63) is 34.9 Å². The largest absolute Gasteiger partial charge is 0.356 e. The van der Waals surface area contributed by atoms with Crippen LogP contribution in [0, 0.1) is 5.92 Å². The highest BCUT2D eigenvalue weighted by molar-refractivity contribution is 7.88. The van der Waals surface area contributed by atoms with Crippen molar-refractivity contribution in [1.82, 2.24) is 14.9 Å². The Morgan fingerprint density at radius 3 is 2.54 bits per heavy atom. The number of aryl methyl sites for hydroxylation is 2. The van der Waals surface area contributed by atoms with E-state index in [2.05, 4.69) is 40.7 Å². The zero-order valence-corrected chi connectivity index (χ0v) is 18.2. The number of hydrogen-bond donors (Lipinski definition) is 2. The third-order valence-corrected chi connectivity index (χ3v) is 7.35. The van der Waals surface area contributed by atoms with Crippen LogP contribution in [0.25, 0.3) is 0 Å². The van der Waals surface area contributed by atoms with Crippen LogP contribution >= 0.6 is 0 Å². The van der Waals surface area contributed by atoms with E-state index in [1.54, 1.807) is 11.4 Å². The molecule has 1 aromatic rings. The molecule has 0 radical (unpaired) electrons. The van der Waals surface area contributed by atoms with Crippen molar-refractivity contribution < 1.29 is 8.42 Å². The average Bonchev–Trinajstić information content (AvgIpc) is 2.70. The molecule has 1 saturated heterocycles. The van der Waals surface area contributed by atoms with Gasteiger partial charge in [0.15, 0.2) is 5.96 Å². The van der Waals surface area contributed by atoms with Crippen molar-refractivity contribution in [1.29, 1.82) is 0 Å². The second-order valence-electron chi connectivity index (χ2n) is 8.16. The fourth-order valence-corrected chi connectivity index (χ4v) is 5.07. The van der Waals surface area contributed by atoms with Crippen LogP contribution in [-0.4, -0.2) is 51.6 Å². The number of hydrogen-bond acceptors (Lipinski definition) is 3. The third kappa shape index (κ3) is 5.47. The fourth-order valence-electron chi connectivity index (χ4n) is 4.19. The summed E-state index contributed by atoms with van der Waals surface area (Å²) in [5.74, 6) is 1.27. The average molecular weight is 407 g/mol. The molecule has 0 saturated carbocycles. The first kappa shape index (κ1) is 21.1. The van der Waals surface area contributed by atoms with Gasteiger partial charge < -0.3 is 10.6 Å². The van der Waals surface area contributed by atoms with E-state index in [-0.39, 0.29) is 6.04 Å². The van der Waals surface area contributed by atoms with Gasteiger partial charge in [0.25, 0.3) is 0 Å². The Balaban J connectivity index is 1.49. The Hall–Kier alpha value is -1.60. The van der Waals surface area contributed by atoms with Gasteiger partial charge in [0.05, 0.1) is 12.3 Å². The van der Waals surface area contributed by atoms with Crippen molar-refractivity contribution in [2.75, 3.05) is 32.9 Å². The highest BCUT2D eigenvalue weighted by Gasteiger charge is 2.25. The number of aliphatic imine (C=N–C) groups is 1. The number of fused-ring (bicyclic) bond motifs is 1. The molecule has 6 nitrogen and oxygen atoms in total. The lowest BCUT2D eigenvalue weighted by molar-refractivity contribution is 0.274. The molecule has 156 valence electrons. The number of guanidine groups is 1. The SMILES string of the molecule is CN=C(NCC1CCN(S(C)(=O)=O)CC1)NC(C)c1ccc2c(c1)CCCC2. The van der Waals surface area contributed by atoms with Crippen LogP contribution in [0.1, 0.15) is 55.3 Å². The predicted octanol–water partition coefficient (Wildman–Crippen LogP) is 2.46. The lowest BCUT2D eigenvalue weighted by Gasteiger charge is -2.30. The number of rotatable bonds is 5. The molecule has 0 amide bonds. The third-order valence-electron chi connectivity index (χ3n) is 6.05.